The lowest BCUT2D eigenvalue weighted by molar-refractivity contribution is -0.0934. The first-order chi connectivity index (χ1) is 25.5. The molecule has 282 valence electrons. The molecule has 1 N–H and O–H groups in total. The molecule has 5 rings (SSSR count). The van der Waals surface area contributed by atoms with Crippen LogP contribution in [-0.4, -0.2) is 72.1 Å². The van der Waals surface area contributed by atoms with Crippen molar-refractivity contribution in [2.24, 2.45) is 0 Å². The van der Waals surface area contributed by atoms with Crippen LogP contribution in [0, 0.1) is 12.3 Å². The maximum atomic E-state index is 17.0. The van der Waals surface area contributed by atoms with Gasteiger partial charge in [0, 0.05) is 30.8 Å². The van der Waals surface area contributed by atoms with Gasteiger partial charge < -0.3 is 28.0 Å². The molecule has 0 bridgehead atoms. The monoisotopic (exact) mass is 747 g/mol. The molecule has 53 heavy (non-hydrogen) atoms. The quantitative estimate of drug-likeness (QED) is 0.0555. The number of rotatable bonds is 17. The summed E-state index contributed by atoms with van der Waals surface area (Å²) in [4.78, 5) is 27.1. The van der Waals surface area contributed by atoms with E-state index < -0.39 is 50.0 Å². The number of nitrogens with one attached hydrogen (secondary N) is 1. The van der Waals surface area contributed by atoms with Crippen molar-refractivity contribution in [3.8, 4) is 23.8 Å². The number of hydrogen-bond acceptors (Lipinski definition) is 9. The largest absolute Gasteiger partial charge is 0.497 e. The van der Waals surface area contributed by atoms with Crippen LogP contribution in [0.2, 0.25) is 0 Å². The van der Waals surface area contributed by atoms with Gasteiger partial charge >= 0.3 is 5.69 Å². The van der Waals surface area contributed by atoms with E-state index in [0.717, 1.165) is 27.3 Å². The van der Waals surface area contributed by atoms with Gasteiger partial charge in [-0.05, 0) is 68.7 Å². The van der Waals surface area contributed by atoms with Gasteiger partial charge in [-0.1, -0.05) is 54.6 Å². The third-order valence-electron chi connectivity index (χ3n) is 8.94. The van der Waals surface area contributed by atoms with Crippen LogP contribution < -0.4 is 20.7 Å². The van der Waals surface area contributed by atoms with E-state index in [0.29, 0.717) is 17.9 Å². The second-order valence-electron chi connectivity index (χ2n) is 13.0. The summed E-state index contributed by atoms with van der Waals surface area (Å²) in [5.41, 5.74) is -0.362. The molecular formula is C40H47FN3O8P. The summed E-state index contributed by atoms with van der Waals surface area (Å²) in [5, 5.41) is 0. The number of alkyl halides is 1. The number of nitrogens with zero attached hydrogens (tertiary/aromatic N) is 2. The number of benzene rings is 3. The Labute approximate surface area is 310 Å². The molecule has 2 heterocycles. The zero-order chi connectivity index (χ0) is 38.1. The van der Waals surface area contributed by atoms with Gasteiger partial charge in [0.25, 0.3) is 14.1 Å². The van der Waals surface area contributed by atoms with Gasteiger partial charge in [0.05, 0.1) is 27.4 Å². The second-order valence-corrected chi connectivity index (χ2v) is 14.4. The van der Waals surface area contributed by atoms with Gasteiger partial charge in [-0.2, -0.15) is 0 Å². The maximum absolute atomic E-state index is 17.0. The van der Waals surface area contributed by atoms with Crippen molar-refractivity contribution in [2.75, 3.05) is 27.4 Å². The topological polar surface area (TPSA) is 113 Å². The second kappa shape index (κ2) is 18.1. The summed E-state index contributed by atoms with van der Waals surface area (Å²) in [6.07, 6.45) is 1.43. The molecule has 3 aromatic carbocycles. The zero-order valence-corrected chi connectivity index (χ0v) is 31.7. The first kappa shape index (κ1) is 39.9. The van der Waals surface area contributed by atoms with Crippen molar-refractivity contribution in [1.29, 1.82) is 0 Å². The number of halogens is 1. The van der Waals surface area contributed by atoms with E-state index in [2.05, 4.69) is 10.9 Å². The fourth-order valence-corrected chi connectivity index (χ4v) is 8.26. The lowest BCUT2D eigenvalue weighted by Gasteiger charge is -2.39. The minimum Gasteiger partial charge on any atom is -0.497 e. The standard InChI is InChI=1S/C40H47FN3O8P/c1-8-9-25-50-53(44(27(2)3)28(4)5)52-37-34(51-38(36(37)41)43-24-23-35(45)42-39(43)46)26-49-40(29-13-11-10-12-14-29,30-15-19-32(47-6)20-16-30)31-17-21-33(48-7)22-18-31/h1,10-24,27-28,34,36-38H,9,25-26H2,2-7H3,(H,42,45,46). The summed E-state index contributed by atoms with van der Waals surface area (Å²) < 4.78 is 57.3. The van der Waals surface area contributed by atoms with Gasteiger partial charge in [-0.25, -0.2) is 13.9 Å². The van der Waals surface area contributed by atoms with Crippen molar-refractivity contribution < 1.29 is 32.4 Å². The number of H-pyrrole nitrogens is 1. The van der Waals surface area contributed by atoms with Crippen molar-refractivity contribution in [1.82, 2.24) is 14.2 Å². The molecule has 0 aliphatic carbocycles. The van der Waals surface area contributed by atoms with E-state index in [9.17, 15) is 9.59 Å². The number of hydrogen-bond donors (Lipinski definition) is 1. The lowest BCUT2D eigenvalue weighted by atomic mass is 9.80. The van der Waals surface area contributed by atoms with Crippen molar-refractivity contribution in [3.05, 3.63) is 129 Å². The predicted octanol–water partition coefficient (Wildman–Crippen LogP) is 6.57. The molecule has 4 aromatic rings. The molecule has 0 amide bonds. The molecule has 1 saturated heterocycles. The molecule has 5 unspecified atom stereocenters. The molecule has 1 aromatic heterocycles. The van der Waals surface area contributed by atoms with Crippen molar-refractivity contribution in [3.63, 3.8) is 0 Å². The summed E-state index contributed by atoms with van der Waals surface area (Å²) in [5.74, 6) is 3.89. The van der Waals surface area contributed by atoms with E-state index >= 15 is 4.39 Å². The van der Waals surface area contributed by atoms with Gasteiger partial charge in [-0.3, -0.25) is 14.3 Å². The zero-order valence-electron chi connectivity index (χ0n) is 30.8. The fourth-order valence-electron chi connectivity index (χ4n) is 6.50. The summed E-state index contributed by atoms with van der Waals surface area (Å²) in [6, 6.07) is 25.8. The average molecular weight is 748 g/mol. The Kier molecular flexibility index (Phi) is 13.6. The van der Waals surface area contributed by atoms with Crippen LogP contribution in [0.3, 0.4) is 0 Å². The number of methoxy groups -OCH3 is 2. The Morgan fingerprint density at radius 1 is 0.906 bits per heavy atom. The SMILES string of the molecule is C#CCCOP(OC1C(COC(c2ccccc2)(c2ccc(OC)cc2)c2ccc(OC)cc2)OC(n2ccc(=O)[nH]c2=O)C1F)N(C(C)C)C(C)C. The van der Waals surface area contributed by atoms with E-state index in [-0.39, 0.29) is 25.3 Å². The highest BCUT2D eigenvalue weighted by Crippen LogP contribution is 2.51. The molecule has 11 nitrogen and oxygen atoms in total. The predicted molar refractivity (Wildman–Crippen MR) is 202 cm³/mol. The highest BCUT2D eigenvalue weighted by Gasteiger charge is 2.51. The number of terminal acetylenes is 1. The minimum absolute atomic E-state index is 0.0319. The molecule has 0 radical (unpaired) electrons. The van der Waals surface area contributed by atoms with Crippen molar-refractivity contribution >= 4 is 8.53 Å². The van der Waals surface area contributed by atoms with Gasteiger partial charge in [-0.15, -0.1) is 12.3 Å². The first-order valence-electron chi connectivity index (χ1n) is 17.4. The molecule has 13 heteroatoms. The number of aromatic amines is 1. The van der Waals surface area contributed by atoms with Gasteiger partial charge in [0.1, 0.15) is 29.3 Å². The first-order valence-corrected chi connectivity index (χ1v) is 18.6. The number of ether oxygens (including phenoxy) is 4. The van der Waals surface area contributed by atoms with Gasteiger partial charge in [0.15, 0.2) is 12.4 Å². The van der Waals surface area contributed by atoms with Crippen LogP contribution >= 0.6 is 8.53 Å². The Balaban J connectivity index is 1.62. The average Bonchev–Trinajstić information content (AvgIpc) is 3.46. The van der Waals surface area contributed by atoms with E-state index in [1.165, 1.54) is 6.20 Å². The van der Waals surface area contributed by atoms with Crippen LogP contribution in [0.1, 0.15) is 57.0 Å². The van der Waals surface area contributed by atoms with E-state index in [4.69, 9.17) is 34.4 Å². The molecule has 1 fully saturated rings. The molecule has 0 spiro atoms. The van der Waals surface area contributed by atoms with Crippen LogP contribution in [0.4, 0.5) is 4.39 Å². The Bertz CT molecular complexity index is 1860. The summed E-state index contributed by atoms with van der Waals surface area (Å²) in [7, 11) is 1.32. The Morgan fingerprint density at radius 3 is 1.98 bits per heavy atom. The molecule has 1 aliphatic heterocycles. The third kappa shape index (κ3) is 8.90. The third-order valence-corrected chi connectivity index (χ3v) is 11.1. The van der Waals surface area contributed by atoms with E-state index in [1.807, 2.05) is 111 Å². The lowest BCUT2D eigenvalue weighted by Crippen LogP contribution is -2.41. The molecule has 0 saturated carbocycles. The van der Waals surface area contributed by atoms with Crippen LogP contribution in [-0.2, 0) is 24.1 Å². The summed E-state index contributed by atoms with van der Waals surface area (Å²) >= 11 is 0. The number of aromatic nitrogens is 2. The molecule has 5 atom stereocenters. The van der Waals surface area contributed by atoms with E-state index in [1.54, 1.807) is 14.2 Å². The highest BCUT2D eigenvalue weighted by molar-refractivity contribution is 7.44. The maximum Gasteiger partial charge on any atom is 0.330 e. The van der Waals surface area contributed by atoms with Gasteiger partial charge in [0.2, 0.25) is 0 Å². The Morgan fingerprint density at radius 2 is 1.47 bits per heavy atom. The van der Waals surface area contributed by atoms with Crippen LogP contribution in [0.5, 0.6) is 11.5 Å². The van der Waals surface area contributed by atoms with Crippen molar-refractivity contribution in [2.45, 2.75) is 76.4 Å². The smallest absolute Gasteiger partial charge is 0.330 e. The minimum atomic E-state index is -1.87. The normalized spacial score (nSPS) is 19.4. The summed E-state index contributed by atoms with van der Waals surface area (Å²) in [6.45, 7) is 8.01. The van der Waals surface area contributed by atoms with Crippen LogP contribution in [0.25, 0.3) is 0 Å². The highest BCUT2D eigenvalue weighted by atomic mass is 31.2. The molecule has 1 aliphatic rings. The fraction of sp³-hybridized carbons (Fsp3) is 0.400. The molecular weight excluding hydrogens is 700 g/mol. The van der Waals surface area contributed by atoms with Crippen LogP contribution in [0.15, 0.2) is 101 Å². The Hall–Kier alpha value is -4.34.